The van der Waals surface area contributed by atoms with E-state index < -0.39 is 30.4 Å². The maximum absolute atomic E-state index is 13.1. The molecule has 2 amide bonds. The Morgan fingerprint density at radius 2 is 2.03 bits per heavy atom. The number of alkyl halides is 3. The van der Waals surface area contributed by atoms with E-state index in [2.05, 4.69) is 10.3 Å². The highest BCUT2D eigenvalue weighted by Crippen LogP contribution is 2.32. The van der Waals surface area contributed by atoms with E-state index >= 15 is 0 Å². The first-order valence-electron chi connectivity index (χ1n) is 11.1. The lowest BCUT2D eigenvalue weighted by Gasteiger charge is -2.13. The molecule has 2 aromatic carbocycles. The van der Waals surface area contributed by atoms with E-state index in [1.54, 1.807) is 28.6 Å². The molecule has 2 atom stereocenters. The van der Waals surface area contributed by atoms with E-state index in [-0.39, 0.29) is 36.3 Å². The van der Waals surface area contributed by atoms with Crippen molar-refractivity contribution in [2.24, 2.45) is 0 Å². The second-order valence-electron chi connectivity index (χ2n) is 8.59. The minimum absolute atomic E-state index is 0.00734. The van der Waals surface area contributed by atoms with Crippen LogP contribution in [-0.2, 0) is 17.5 Å². The van der Waals surface area contributed by atoms with Gasteiger partial charge in [-0.25, -0.2) is 4.98 Å². The molecule has 2 unspecified atom stereocenters. The van der Waals surface area contributed by atoms with Gasteiger partial charge in [0.1, 0.15) is 0 Å². The van der Waals surface area contributed by atoms with Crippen LogP contribution >= 0.6 is 0 Å². The molecule has 0 bridgehead atoms. The molecule has 2 heterocycles. The molecule has 3 aromatic rings. The number of hydrogen-bond acceptors (Lipinski definition) is 5. The molecule has 1 aliphatic heterocycles. The normalized spacial score (nSPS) is 17.3. The summed E-state index contributed by atoms with van der Waals surface area (Å²) in [6.45, 7) is 0.383. The van der Waals surface area contributed by atoms with Crippen LogP contribution in [0.15, 0.2) is 42.5 Å². The molecule has 186 valence electrons. The van der Waals surface area contributed by atoms with Crippen LogP contribution in [0.1, 0.15) is 40.2 Å². The lowest BCUT2D eigenvalue weighted by molar-refractivity contribution is -0.137. The third-order valence-corrected chi connectivity index (χ3v) is 6.18. The number of fused-ring (bicyclic) bond motifs is 1. The fraction of sp³-hybridized carbons (Fsp3) is 0.375. The van der Waals surface area contributed by atoms with Gasteiger partial charge in [0.15, 0.2) is 0 Å². The maximum atomic E-state index is 13.1. The quantitative estimate of drug-likeness (QED) is 0.472. The van der Waals surface area contributed by atoms with E-state index in [9.17, 15) is 27.9 Å². The van der Waals surface area contributed by atoms with Crippen LogP contribution in [0.5, 0.6) is 0 Å². The number of rotatable bonds is 7. The molecule has 0 radical (unpaired) electrons. The van der Waals surface area contributed by atoms with Crippen LogP contribution in [0.3, 0.4) is 0 Å². The van der Waals surface area contributed by atoms with Crippen molar-refractivity contribution < 1.29 is 33.0 Å². The van der Waals surface area contributed by atoms with E-state index in [4.69, 9.17) is 5.11 Å². The zero-order valence-electron chi connectivity index (χ0n) is 18.9. The Hall–Kier alpha value is -3.44. The molecule has 8 nitrogen and oxygen atoms in total. The summed E-state index contributed by atoms with van der Waals surface area (Å²) in [5.41, 5.74) is 0.747. The van der Waals surface area contributed by atoms with Gasteiger partial charge in [0.25, 0.3) is 5.91 Å². The Morgan fingerprint density at radius 3 is 2.69 bits per heavy atom. The minimum atomic E-state index is -4.59. The van der Waals surface area contributed by atoms with Gasteiger partial charge in [-0.15, -0.1) is 0 Å². The molecular weight excluding hydrogens is 465 g/mol. The van der Waals surface area contributed by atoms with Crippen molar-refractivity contribution in [2.75, 3.05) is 25.5 Å². The van der Waals surface area contributed by atoms with Crippen LogP contribution in [0.4, 0.5) is 19.1 Å². The lowest BCUT2D eigenvalue weighted by Crippen LogP contribution is -2.21. The average Bonchev–Trinajstić information content (AvgIpc) is 3.35. The van der Waals surface area contributed by atoms with Gasteiger partial charge in [-0.05, 0) is 48.7 Å². The largest absolute Gasteiger partial charge is 0.416 e. The van der Waals surface area contributed by atoms with Gasteiger partial charge in [-0.2, -0.15) is 13.2 Å². The van der Waals surface area contributed by atoms with E-state index in [0.717, 1.165) is 23.8 Å². The third-order valence-electron chi connectivity index (χ3n) is 6.18. The summed E-state index contributed by atoms with van der Waals surface area (Å²) in [6.07, 6.45) is -4.76. The molecule has 0 aliphatic carbocycles. The molecule has 1 saturated heterocycles. The first-order chi connectivity index (χ1) is 16.6. The number of carbonyl (C=O) groups is 2. The Bertz CT molecular complexity index is 1260. The highest BCUT2D eigenvalue weighted by molar-refractivity contribution is 6.04. The Balaban J connectivity index is 1.68. The smallest absolute Gasteiger partial charge is 0.394 e. The number of aryl methyl sites for hydroxylation is 1. The number of likely N-dealkylation sites (N-methyl/N-ethyl adjacent to an activating group) is 1. The summed E-state index contributed by atoms with van der Waals surface area (Å²) in [5, 5.41) is 21.5. The predicted molar refractivity (Wildman–Crippen MR) is 122 cm³/mol. The number of carbonyl (C=O) groups excluding carboxylic acids is 2. The van der Waals surface area contributed by atoms with E-state index in [1.165, 1.54) is 6.07 Å². The van der Waals surface area contributed by atoms with Crippen molar-refractivity contribution in [1.29, 1.82) is 0 Å². The number of aliphatic hydroxyl groups is 2. The second kappa shape index (κ2) is 9.67. The minimum Gasteiger partial charge on any atom is -0.394 e. The number of imidazole rings is 1. The second-order valence-corrected chi connectivity index (χ2v) is 8.59. The van der Waals surface area contributed by atoms with Crippen molar-refractivity contribution in [3.63, 3.8) is 0 Å². The molecule has 0 saturated carbocycles. The van der Waals surface area contributed by atoms with Crippen LogP contribution in [-0.4, -0.2) is 62.8 Å². The number of halogens is 3. The van der Waals surface area contributed by atoms with Gasteiger partial charge >= 0.3 is 6.18 Å². The number of aromatic nitrogens is 2. The highest BCUT2D eigenvalue weighted by atomic mass is 19.4. The van der Waals surface area contributed by atoms with Gasteiger partial charge in [-0.1, -0.05) is 12.1 Å². The van der Waals surface area contributed by atoms with Crippen molar-refractivity contribution in [1.82, 2.24) is 14.5 Å². The first kappa shape index (κ1) is 24.7. The van der Waals surface area contributed by atoms with Gasteiger partial charge in [0.2, 0.25) is 11.9 Å². The molecule has 0 spiro atoms. The zero-order chi connectivity index (χ0) is 25.3. The fourth-order valence-corrected chi connectivity index (χ4v) is 4.20. The Morgan fingerprint density at radius 1 is 1.26 bits per heavy atom. The van der Waals surface area contributed by atoms with Crippen molar-refractivity contribution in [2.45, 2.75) is 37.6 Å². The number of nitrogens with one attached hydrogen (secondary N) is 1. The maximum Gasteiger partial charge on any atom is 0.416 e. The van der Waals surface area contributed by atoms with Crippen molar-refractivity contribution in [3.8, 4) is 0 Å². The van der Waals surface area contributed by atoms with Crippen LogP contribution in [0, 0.1) is 0 Å². The van der Waals surface area contributed by atoms with Crippen molar-refractivity contribution in [3.05, 3.63) is 59.2 Å². The van der Waals surface area contributed by atoms with Crippen molar-refractivity contribution >= 4 is 28.8 Å². The number of hydrogen-bond donors (Lipinski definition) is 3. The van der Waals surface area contributed by atoms with Gasteiger partial charge in [-0.3, -0.25) is 14.9 Å². The number of amides is 2. The standard InChI is InChI=1S/C24H25F3N4O4/c1-30-9-8-18(22(30)35)14-5-6-20-19(12-14)28-23(31(20)10-7-17(33)13-32)29-21(34)15-3-2-4-16(11-15)24(25,26)27/h2-6,11-12,17-18,32-33H,7-10,13H2,1H3,(H,28,29,34). The fourth-order valence-electron chi connectivity index (χ4n) is 4.20. The number of nitrogens with zero attached hydrogens (tertiary/aromatic N) is 3. The van der Waals surface area contributed by atoms with Gasteiger partial charge in [0, 0.05) is 25.7 Å². The SMILES string of the molecule is CN1CCC(c2ccc3c(c2)nc(NC(=O)c2cccc(C(F)(F)F)c2)n3CCC(O)CO)C1=O. The summed E-state index contributed by atoms with van der Waals surface area (Å²) >= 11 is 0. The number of aliphatic hydroxyl groups excluding tert-OH is 2. The first-order valence-corrected chi connectivity index (χ1v) is 11.1. The predicted octanol–water partition coefficient (Wildman–Crippen LogP) is 3.00. The molecule has 1 aromatic heterocycles. The van der Waals surface area contributed by atoms with Gasteiger partial charge in [0.05, 0.1) is 35.2 Å². The van der Waals surface area contributed by atoms with Gasteiger partial charge < -0.3 is 19.7 Å². The zero-order valence-corrected chi connectivity index (χ0v) is 18.9. The summed E-state index contributed by atoms with van der Waals surface area (Å²) in [6, 6.07) is 9.39. The number of anilines is 1. The third kappa shape index (κ3) is 5.15. The lowest BCUT2D eigenvalue weighted by atomic mass is 9.97. The molecule has 1 aliphatic rings. The van der Waals surface area contributed by atoms with E-state index in [1.807, 2.05) is 6.07 Å². The molecular formula is C24H25F3N4O4. The summed E-state index contributed by atoms with van der Waals surface area (Å²) in [7, 11) is 1.74. The summed E-state index contributed by atoms with van der Waals surface area (Å²) in [4.78, 5) is 31.4. The number of benzene rings is 2. The molecule has 35 heavy (non-hydrogen) atoms. The topological polar surface area (TPSA) is 108 Å². The van der Waals surface area contributed by atoms with Crippen LogP contribution in [0.2, 0.25) is 0 Å². The molecule has 3 N–H and O–H groups in total. The van der Waals surface area contributed by atoms with Crippen LogP contribution in [0.25, 0.3) is 11.0 Å². The molecule has 1 fully saturated rings. The molecule has 4 rings (SSSR count). The summed E-state index contributed by atoms with van der Waals surface area (Å²) in [5.74, 6) is -0.982. The Kier molecular flexibility index (Phi) is 6.82. The number of likely N-dealkylation sites (tertiary alicyclic amines) is 1. The van der Waals surface area contributed by atoms with E-state index in [0.29, 0.717) is 24.0 Å². The molecule has 11 heteroatoms. The average molecular weight is 490 g/mol. The summed E-state index contributed by atoms with van der Waals surface area (Å²) < 4.78 is 40.8. The highest BCUT2D eigenvalue weighted by Gasteiger charge is 2.32. The monoisotopic (exact) mass is 490 g/mol. The Labute approximate surface area is 199 Å². The van der Waals surface area contributed by atoms with Crippen LogP contribution < -0.4 is 5.32 Å².